The van der Waals surface area contributed by atoms with Gasteiger partial charge in [-0.3, -0.25) is 20.4 Å². The normalized spacial score (nSPS) is 11.7. The summed E-state index contributed by atoms with van der Waals surface area (Å²) in [5, 5.41) is 11.4. The zero-order chi connectivity index (χ0) is 27.1. The van der Waals surface area contributed by atoms with Crippen LogP contribution in [-0.2, 0) is 16.8 Å². The highest BCUT2D eigenvalue weighted by atomic mass is 16.5. The number of rotatable bonds is 9. The molecule has 1 amide bonds. The summed E-state index contributed by atoms with van der Waals surface area (Å²) >= 11 is 0. The summed E-state index contributed by atoms with van der Waals surface area (Å²) in [4.78, 5) is 23.9. The third kappa shape index (κ3) is 7.01. The Morgan fingerprint density at radius 2 is 1.47 bits per heavy atom. The number of aliphatic carboxylic acids is 1. The Labute approximate surface area is 222 Å². The molecule has 0 radical (unpaired) electrons. The fourth-order valence-corrected chi connectivity index (χ4v) is 3.95. The van der Waals surface area contributed by atoms with Crippen molar-refractivity contribution >= 4 is 28.3 Å². The van der Waals surface area contributed by atoms with Crippen molar-refractivity contribution in [1.82, 2.24) is 10.9 Å². The van der Waals surface area contributed by atoms with Crippen LogP contribution < -0.4 is 15.6 Å². The van der Waals surface area contributed by atoms with Gasteiger partial charge in [-0.1, -0.05) is 87.5 Å². The highest BCUT2D eigenvalue weighted by Gasteiger charge is 2.14. The predicted molar refractivity (Wildman–Crippen MR) is 151 cm³/mol. The zero-order valence-corrected chi connectivity index (χ0v) is 21.8. The summed E-state index contributed by atoms with van der Waals surface area (Å²) in [5.74, 6) is -0.506. The van der Waals surface area contributed by atoms with Crippen LogP contribution in [0.25, 0.3) is 16.5 Å². The van der Waals surface area contributed by atoms with E-state index in [2.05, 4.69) is 37.7 Å². The minimum absolute atomic E-state index is 0.00219. The fourth-order valence-electron chi connectivity index (χ4n) is 3.95. The highest BCUT2D eigenvalue weighted by Crippen LogP contribution is 2.24. The van der Waals surface area contributed by atoms with Crippen LogP contribution in [-0.4, -0.2) is 17.0 Å². The number of hydrogen-bond acceptors (Lipinski definition) is 4. The summed E-state index contributed by atoms with van der Waals surface area (Å²) in [5.41, 5.74) is 9.43. The lowest BCUT2D eigenvalue weighted by Gasteiger charge is -2.20. The lowest BCUT2D eigenvalue weighted by atomic mass is 9.86. The lowest BCUT2D eigenvalue weighted by molar-refractivity contribution is -0.136. The summed E-state index contributed by atoms with van der Waals surface area (Å²) in [6, 6.07) is 29.1. The number of hydrazine groups is 1. The van der Waals surface area contributed by atoms with Crippen LogP contribution >= 0.6 is 0 Å². The molecule has 38 heavy (non-hydrogen) atoms. The van der Waals surface area contributed by atoms with Gasteiger partial charge >= 0.3 is 5.97 Å². The van der Waals surface area contributed by atoms with Crippen molar-refractivity contribution in [2.75, 3.05) is 0 Å². The Kier molecular flexibility index (Phi) is 8.12. The summed E-state index contributed by atoms with van der Waals surface area (Å²) < 4.78 is 5.94. The van der Waals surface area contributed by atoms with Gasteiger partial charge < -0.3 is 9.84 Å². The summed E-state index contributed by atoms with van der Waals surface area (Å²) in [7, 11) is 0. The average molecular weight is 509 g/mol. The van der Waals surface area contributed by atoms with Gasteiger partial charge in [-0.25, -0.2) is 0 Å². The largest absolute Gasteiger partial charge is 0.489 e. The molecule has 194 valence electrons. The third-order valence-corrected chi connectivity index (χ3v) is 6.20. The van der Waals surface area contributed by atoms with Gasteiger partial charge in [0.1, 0.15) is 12.4 Å². The van der Waals surface area contributed by atoms with E-state index >= 15 is 0 Å². The molecule has 3 N–H and O–H groups in total. The van der Waals surface area contributed by atoms with Crippen LogP contribution in [0.1, 0.15) is 54.2 Å². The van der Waals surface area contributed by atoms with Gasteiger partial charge in [0, 0.05) is 5.56 Å². The average Bonchev–Trinajstić information content (AvgIpc) is 2.91. The highest BCUT2D eigenvalue weighted by molar-refractivity contribution is 5.94. The Hall–Kier alpha value is -4.58. The third-order valence-electron chi connectivity index (χ3n) is 6.20. The number of carbonyl (C=O) groups is 2. The van der Waals surface area contributed by atoms with Crippen molar-refractivity contribution in [3.05, 3.63) is 119 Å². The predicted octanol–water partition coefficient (Wildman–Crippen LogP) is 6.47. The van der Waals surface area contributed by atoms with E-state index in [-0.39, 0.29) is 17.7 Å². The van der Waals surface area contributed by atoms with Crippen LogP contribution in [0.4, 0.5) is 0 Å². The van der Waals surface area contributed by atoms with E-state index in [0.717, 1.165) is 33.2 Å². The molecular weight excluding hydrogens is 476 g/mol. The molecule has 0 saturated heterocycles. The second-order valence-corrected chi connectivity index (χ2v) is 10.1. The molecule has 4 aromatic rings. The van der Waals surface area contributed by atoms with E-state index in [1.54, 1.807) is 18.2 Å². The van der Waals surface area contributed by atoms with Crippen molar-refractivity contribution in [1.29, 1.82) is 0 Å². The number of hydrogen-bond donors (Lipinski definition) is 3. The molecule has 0 saturated carbocycles. The Balaban J connectivity index is 1.37. The number of ether oxygens (including phenoxy) is 1. The van der Waals surface area contributed by atoms with Gasteiger partial charge in [0.15, 0.2) is 0 Å². The molecule has 0 unspecified atom stereocenters. The molecule has 0 fully saturated rings. The second-order valence-electron chi connectivity index (χ2n) is 10.1. The first-order valence-electron chi connectivity index (χ1n) is 12.5. The van der Waals surface area contributed by atoms with E-state index in [9.17, 15) is 9.59 Å². The minimum Gasteiger partial charge on any atom is -0.489 e. The number of carboxylic acid groups (broad SMARTS) is 1. The molecule has 0 atom stereocenters. The van der Waals surface area contributed by atoms with Crippen molar-refractivity contribution in [2.24, 2.45) is 0 Å². The molecule has 0 aromatic heterocycles. The zero-order valence-electron chi connectivity index (χ0n) is 21.8. The number of carbonyl (C=O) groups excluding carboxylic acids is 1. The van der Waals surface area contributed by atoms with Gasteiger partial charge in [-0.2, -0.15) is 0 Å². The molecule has 0 aliphatic heterocycles. The maximum absolute atomic E-state index is 12.8. The smallest absolute Gasteiger partial charge is 0.307 e. The Morgan fingerprint density at radius 3 is 2.13 bits per heavy atom. The van der Waals surface area contributed by atoms with E-state index in [1.807, 2.05) is 72.8 Å². The lowest BCUT2D eigenvalue weighted by Crippen LogP contribution is -2.36. The Bertz CT molecular complexity index is 1450. The van der Waals surface area contributed by atoms with Crippen molar-refractivity contribution in [2.45, 2.75) is 39.2 Å². The Morgan fingerprint density at radius 1 is 0.816 bits per heavy atom. The molecule has 0 aliphatic rings. The van der Waals surface area contributed by atoms with E-state index < -0.39 is 5.97 Å². The van der Waals surface area contributed by atoms with Crippen molar-refractivity contribution in [3.8, 4) is 5.75 Å². The standard InChI is InChI=1S/C32H32N2O4/c1-32(2,3)27-15-12-24(13-16-27)29(18-19-30(35)36)33-34-31(37)25-10-8-22(9-11-25)21-38-28-17-14-23-6-4-5-7-26(23)20-28/h4-18,20,33H,19,21H2,1-3H3,(H,34,37)(H,35,36). The summed E-state index contributed by atoms with van der Waals surface area (Å²) in [6.07, 6.45) is 1.37. The van der Waals surface area contributed by atoms with Gasteiger partial charge in [-0.15, -0.1) is 0 Å². The fraction of sp³-hybridized carbons (Fsp3) is 0.188. The van der Waals surface area contributed by atoms with Crippen LogP contribution in [0.3, 0.4) is 0 Å². The monoisotopic (exact) mass is 508 g/mol. The van der Waals surface area contributed by atoms with Gasteiger partial charge in [-0.05, 0) is 63.2 Å². The molecule has 4 rings (SSSR count). The molecule has 4 aromatic carbocycles. The SMILES string of the molecule is CC(C)(C)c1ccc(C(=CCC(=O)O)NNC(=O)c2ccc(COc3ccc4ccccc4c3)cc2)cc1. The number of fused-ring (bicyclic) bond motifs is 1. The molecule has 0 aliphatic carbocycles. The van der Waals surface area contributed by atoms with Crippen LogP contribution in [0.2, 0.25) is 0 Å². The van der Waals surface area contributed by atoms with E-state index in [4.69, 9.17) is 9.84 Å². The first kappa shape index (κ1) is 26.5. The van der Waals surface area contributed by atoms with Gasteiger partial charge in [0.05, 0.1) is 12.1 Å². The minimum atomic E-state index is -0.955. The maximum Gasteiger partial charge on any atom is 0.307 e. The van der Waals surface area contributed by atoms with Gasteiger partial charge in [0.25, 0.3) is 5.91 Å². The summed E-state index contributed by atoms with van der Waals surface area (Å²) in [6.45, 7) is 6.76. The molecule has 0 bridgehead atoms. The van der Waals surface area contributed by atoms with Crippen LogP contribution in [0, 0.1) is 0 Å². The maximum atomic E-state index is 12.8. The van der Waals surface area contributed by atoms with E-state index in [0.29, 0.717) is 17.9 Å². The quantitative estimate of drug-likeness (QED) is 0.226. The van der Waals surface area contributed by atoms with Crippen LogP contribution in [0.5, 0.6) is 5.75 Å². The molecule has 6 heteroatoms. The number of amides is 1. The molecule has 0 spiro atoms. The van der Waals surface area contributed by atoms with Gasteiger partial charge in [0.2, 0.25) is 0 Å². The number of nitrogens with one attached hydrogen (secondary N) is 2. The first-order valence-corrected chi connectivity index (χ1v) is 12.5. The topological polar surface area (TPSA) is 87.7 Å². The molecular formula is C32H32N2O4. The van der Waals surface area contributed by atoms with Crippen molar-refractivity contribution < 1.29 is 19.4 Å². The van der Waals surface area contributed by atoms with Crippen molar-refractivity contribution in [3.63, 3.8) is 0 Å². The number of carboxylic acids is 1. The second kappa shape index (κ2) is 11.6. The molecule has 0 heterocycles. The van der Waals surface area contributed by atoms with E-state index in [1.165, 1.54) is 0 Å². The first-order chi connectivity index (χ1) is 18.2. The van der Waals surface area contributed by atoms with Crippen LogP contribution in [0.15, 0.2) is 97.1 Å². The number of benzene rings is 4. The molecule has 6 nitrogen and oxygen atoms in total.